The van der Waals surface area contributed by atoms with Crippen molar-refractivity contribution in [2.45, 2.75) is 19.4 Å². The molecular formula is C18H18NO5S-. The summed E-state index contributed by atoms with van der Waals surface area (Å²) in [7, 11) is 1.58. The Labute approximate surface area is 148 Å². The molecule has 2 aromatic rings. The number of ether oxygens (including phenoxy) is 2. The molecule has 1 aliphatic rings. The SMILES string of the molecule is COc1cc2c(c(-c3ccccc3C(=O)CNS(=O)[O-])c1)CC(C)O2. The van der Waals surface area contributed by atoms with Gasteiger partial charge in [0.25, 0.3) is 0 Å². The van der Waals surface area contributed by atoms with E-state index in [-0.39, 0.29) is 18.4 Å². The number of methoxy groups -OCH3 is 1. The minimum absolute atomic E-state index is 0.0493. The molecule has 0 fully saturated rings. The van der Waals surface area contributed by atoms with Crippen molar-refractivity contribution in [3.05, 3.63) is 47.5 Å². The predicted molar refractivity (Wildman–Crippen MR) is 93.5 cm³/mol. The van der Waals surface area contributed by atoms with Crippen molar-refractivity contribution in [3.8, 4) is 22.6 Å². The second-order valence-corrected chi connectivity index (χ2v) is 6.57. The van der Waals surface area contributed by atoms with Crippen molar-refractivity contribution < 1.29 is 23.0 Å². The first-order chi connectivity index (χ1) is 12.0. The van der Waals surface area contributed by atoms with E-state index in [9.17, 15) is 13.6 Å². The molecule has 0 saturated heterocycles. The monoisotopic (exact) mass is 360 g/mol. The first kappa shape index (κ1) is 17.6. The molecule has 7 heteroatoms. The molecule has 0 aliphatic carbocycles. The van der Waals surface area contributed by atoms with Gasteiger partial charge in [-0.1, -0.05) is 24.3 Å². The molecule has 2 aromatic carbocycles. The molecule has 2 atom stereocenters. The Hall–Kier alpha value is -2.22. The zero-order chi connectivity index (χ0) is 18.0. The van der Waals surface area contributed by atoms with E-state index in [1.54, 1.807) is 19.2 Å². The Balaban J connectivity index is 2.07. The summed E-state index contributed by atoms with van der Waals surface area (Å²) in [5.74, 6) is 1.09. The van der Waals surface area contributed by atoms with Crippen molar-refractivity contribution in [2.75, 3.05) is 13.7 Å². The molecule has 0 amide bonds. The van der Waals surface area contributed by atoms with Crippen molar-refractivity contribution in [1.82, 2.24) is 4.72 Å². The van der Waals surface area contributed by atoms with Crippen LogP contribution in [0, 0.1) is 0 Å². The van der Waals surface area contributed by atoms with E-state index in [0.29, 0.717) is 11.3 Å². The number of ketones is 1. The normalized spacial score (nSPS) is 16.8. The van der Waals surface area contributed by atoms with Gasteiger partial charge >= 0.3 is 0 Å². The maximum absolute atomic E-state index is 12.5. The van der Waals surface area contributed by atoms with Crippen LogP contribution in [0.5, 0.6) is 11.5 Å². The Bertz CT molecular complexity index is 836. The molecule has 0 saturated carbocycles. The lowest BCUT2D eigenvalue weighted by Gasteiger charge is -2.14. The summed E-state index contributed by atoms with van der Waals surface area (Å²) >= 11 is -2.48. The van der Waals surface area contributed by atoms with Crippen molar-refractivity contribution in [3.63, 3.8) is 0 Å². The number of benzene rings is 2. The number of hydrogen-bond donors (Lipinski definition) is 1. The van der Waals surface area contributed by atoms with Gasteiger partial charge in [0.1, 0.15) is 17.6 Å². The zero-order valence-corrected chi connectivity index (χ0v) is 14.7. The average molecular weight is 360 g/mol. The third-order valence-electron chi connectivity index (χ3n) is 4.11. The summed E-state index contributed by atoms with van der Waals surface area (Å²) in [4.78, 5) is 12.5. The Morgan fingerprint density at radius 1 is 1.36 bits per heavy atom. The molecule has 132 valence electrons. The van der Waals surface area contributed by atoms with Gasteiger partial charge in [0.05, 0.1) is 13.7 Å². The summed E-state index contributed by atoms with van der Waals surface area (Å²) in [6.45, 7) is 1.70. The first-order valence-corrected chi connectivity index (χ1v) is 8.90. The van der Waals surface area contributed by atoms with Gasteiger partial charge < -0.3 is 14.0 Å². The Kier molecular flexibility index (Phi) is 5.17. The quantitative estimate of drug-likeness (QED) is 0.631. The number of fused-ring (bicyclic) bond motifs is 1. The predicted octanol–water partition coefficient (Wildman–Crippen LogP) is 2.25. The largest absolute Gasteiger partial charge is 0.760 e. The van der Waals surface area contributed by atoms with Gasteiger partial charge in [0.2, 0.25) is 0 Å². The van der Waals surface area contributed by atoms with Crippen LogP contribution < -0.4 is 14.2 Å². The third-order valence-corrected chi connectivity index (χ3v) is 4.49. The van der Waals surface area contributed by atoms with Gasteiger partial charge in [-0.05, 0) is 24.1 Å². The van der Waals surface area contributed by atoms with Crippen LogP contribution in [0.15, 0.2) is 36.4 Å². The fourth-order valence-corrected chi connectivity index (χ4v) is 3.27. The van der Waals surface area contributed by atoms with E-state index >= 15 is 0 Å². The van der Waals surface area contributed by atoms with Crippen LogP contribution in [0.4, 0.5) is 0 Å². The second kappa shape index (κ2) is 7.35. The highest BCUT2D eigenvalue weighted by Crippen LogP contribution is 2.41. The number of rotatable bonds is 6. The molecule has 0 spiro atoms. The van der Waals surface area contributed by atoms with E-state index in [1.807, 2.05) is 31.2 Å². The lowest BCUT2D eigenvalue weighted by molar-refractivity contribution is 0.0997. The zero-order valence-electron chi connectivity index (χ0n) is 13.9. The smallest absolute Gasteiger partial charge is 0.178 e. The van der Waals surface area contributed by atoms with E-state index in [1.165, 1.54) is 0 Å². The highest BCUT2D eigenvalue weighted by molar-refractivity contribution is 7.77. The maximum atomic E-state index is 12.5. The summed E-state index contributed by atoms with van der Waals surface area (Å²) in [6.07, 6.45) is 0.785. The number of Topliss-reactive ketones (excluding diaryl/α,β-unsaturated/α-hetero) is 1. The summed E-state index contributed by atoms with van der Waals surface area (Å²) in [5, 5.41) is 0. The number of carbonyl (C=O) groups is 1. The summed E-state index contributed by atoms with van der Waals surface area (Å²) < 4.78 is 34.6. The summed E-state index contributed by atoms with van der Waals surface area (Å²) in [5.41, 5.74) is 3.08. The van der Waals surface area contributed by atoms with Gasteiger partial charge in [-0.15, -0.1) is 0 Å². The molecule has 3 rings (SSSR count). The number of nitrogens with one attached hydrogen (secondary N) is 1. The van der Waals surface area contributed by atoms with E-state index in [4.69, 9.17) is 9.47 Å². The fraction of sp³-hybridized carbons (Fsp3) is 0.278. The maximum Gasteiger partial charge on any atom is 0.178 e. The number of hydrogen-bond acceptors (Lipinski definition) is 5. The molecule has 0 radical (unpaired) electrons. The van der Waals surface area contributed by atoms with Crippen LogP contribution in [0.2, 0.25) is 0 Å². The summed E-state index contributed by atoms with van der Waals surface area (Å²) in [6, 6.07) is 10.9. The Morgan fingerprint density at radius 3 is 2.84 bits per heavy atom. The van der Waals surface area contributed by atoms with Crippen LogP contribution in [0.3, 0.4) is 0 Å². The van der Waals surface area contributed by atoms with Crippen LogP contribution in [-0.4, -0.2) is 34.3 Å². The van der Waals surface area contributed by atoms with Crippen LogP contribution >= 0.6 is 0 Å². The first-order valence-electron chi connectivity index (χ1n) is 7.82. The van der Waals surface area contributed by atoms with Crippen molar-refractivity contribution >= 4 is 17.0 Å². The molecule has 6 nitrogen and oxygen atoms in total. The standard InChI is InChI=1S/C18H19NO5S/c1-11-7-16-15(8-12(23-2)9-18(16)24-11)13-5-3-4-6-14(13)17(20)10-19-25(21)22/h3-6,8-9,11,19H,7,10H2,1-2H3,(H,21,22)/p-1. The molecule has 1 aliphatic heterocycles. The van der Waals surface area contributed by atoms with Crippen LogP contribution in [0.25, 0.3) is 11.1 Å². The van der Waals surface area contributed by atoms with Gasteiger partial charge in [0.15, 0.2) is 5.78 Å². The Morgan fingerprint density at radius 2 is 2.12 bits per heavy atom. The van der Waals surface area contributed by atoms with Crippen LogP contribution in [0.1, 0.15) is 22.8 Å². The van der Waals surface area contributed by atoms with Gasteiger partial charge in [-0.3, -0.25) is 9.00 Å². The van der Waals surface area contributed by atoms with E-state index in [2.05, 4.69) is 4.72 Å². The molecule has 0 bridgehead atoms. The van der Waals surface area contributed by atoms with Gasteiger partial charge in [-0.2, -0.15) is 0 Å². The molecule has 25 heavy (non-hydrogen) atoms. The molecule has 1 heterocycles. The van der Waals surface area contributed by atoms with Crippen molar-refractivity contribution in [2.24, 2.45) is 0 Å². The molecule has 2 unspecified atom stereocenters. The topological polar surface area (TPSA) is 87.7 Å². The molecule has 0 aromatic heterocycles. The minimum atomic E-state index is -2.48. The van der Waals surface area contributed by atoms with Gasteiger partial charge in [0, 0.05) is 34.9 Å². The second-order valence-electron chi connectivity index (χ2n) is 5.81. The lowest BCUT2D eigenvalue weighted by Crippen LogP contribution is -2.25. The average Bonchev–Trinajstić information content (AvgIpc) is 2.98. The highest BCUT2D eigenvalue weighted by Gasteiger charge is 2.25. The molecule has 1 N–H and O–H groups in total. The molecular weight excluding hydrogens is 342 g/mol. The lowest BCUT2D eigenvalue weighted by atomic mass is 9.91. The van der Waals surface area contributed by atoms with E-state index in [0.717, 1.165) is 28.9 Å². The van der Waals surface area contributed by atoms with E-state index < -0.39 is 11.3 Å². The van der Waals surface area contributed by atoms with Gasteiger partial charge in [-0.25, -0.2) is 4.72 Å². The minimum Gasteiger partial charge on any atom is -0.760 e. The fourth-order valence-electron chi connectivity index (χ4n) is 3.02. The third kappa shape index (κ3) is 3.73. The van der Waals surface area contributed by atoms with Crippen LogP contribution in [-0.2, 0) is 17.7 Å². The highest BCUT2D eigenvalue weighted by atomic mass is 32.2. The van der Waals surface area contributed by atoms with Crippen molar-refractivity contribution in [1.29, 1.82) is 0 Å². The number of carbonyl (C=O) groups excluding carboxylic acids is 1.